The number of rotatable bonds is 1. The molecule has 3 N–H and O–H groups in total. The standard InChI is InChI=1S/C14H10N6/c15-14-19-11(12-13(20-14)18-7-17-12)10-3-1-2-8-6-16-5-4-9(8)10/h1-7H,(H3,15,17,18,19,20). The number of nitrogens with one attached hydrogen (secondary N) is 1. The average Bonchev–Trinajstić information content (AvgIpc) is 2.94. The summed E-state index contributed by atoms with van der Waals surface area (Å²) in [5, 5.41) is 2.12. The first-order valence-corrected chi connectivity index (χ1v) is 6.12. The van der Waals surface area contributed by atoms with Crippen LogP contribution in [0.3, 0.4) is 0 Å². The summed E-state index contributed by atoms with van der Waals surface area (Å²) >= 11 is 0. The number of nitrogens with zero attached hydrogens (tertiary/aromatic N) is 4. The van der Waals surface area contributed by atoms with E-state index < -0.39 is 0 Å². The first-order chi connectivity index (χ1) is 9.83. The number of benzene rings is 1. The highest BCUT2D eigenvalue weighted by Crippen LogP contribution is 2.30. The molecule has 0 saturated carbocycles. The number of nitrogen functional groups attached to an aromatic ring is 1. The van der Waals surface area contributed by atoms with Crippen molar-refractivity contribution in [3.8, 4) is 11.3 Å². The topological polar surface area (TPSA) is 93.4 Å². The first-order valence-electron chi connectivity index (χ1n) is 6.12. The second-order valence-electron chi connectivity index (χ2n) is 4.43. The van der Waals surface area contributed by atoms with Gasteiger partial charge in [0, 0.05) is 23.3 Å². The minimum atomic E-state index is 0.214. The Morgan fingerprint density at radius 2 is 2.05 bits per heavy atom. The molecular weight excluding hydrogens is 252 g/mol. The highest BCUT2D eigenvalue weighted by atomic mass is 15.1. The molecule has 0 fully saturated rings. The summed E-state index contributed by atoms with van der Waals surface area (Å²) in [4.78, 5) is 19.8. The number of H-pyrrole nitrogens is 1. The van der Waals surface area contributed by atoms with Crippen LogP contribution in [0.5, 0.6) is 0 Å². The Morgan fingerprint density at radius 1 is 1.10 bits per heavy atom. The van der Waals surface area contributed by atoms with Gasteiger partial charge in [0.15, 0.2) is 5.65 Å². The highest BCUT2D eigenvalue weighted by Gasteiger charge is 2.12. The molecule has 0 aliphatic heterocycles. The lowest BCUT2D eigenvalue weighted by Gasteiger charge is -2.07. The third kappa shape index (κ3) is 1.51. The van der Waals surface area contributed by atoms with E-state index in [1.165, 1.54) is 0 Å². The minimum absolute atomic E-state index is 0.214. The van der Waals surface area contributed by atoms with Gasteiger partial charge in [-0.1, -0.05) is 18.2 Å². The zero-order chi connectivity index (χ0) is 13.5. The van der Waals surface area contributed by atoms with E-state index in [1.54, 1.807) is 12.5 Å². The van der Waals surface area contributed by atoms with Gasteiger partial charge in [-0.05, 0) is 11.5 Å². The molecule has 0 radical (unpaired) electrons. The van der Waals surface area contributed by atoms with Crippen LogP contribution >= 0.6 is 0 Å². The predicted octanol–water partition coefficient (Wildman–Crippen LogP) is 2.15. The first kappa shape index (κ1) is 10.9. The molecule has 0 atom stereocenters. The molecule has 3 heterocycles. The van der Waals surface area contributed by atoms with Gasteiger partial charge in [-0.25, -0.2) is 9.97 Å². The van der Waals surface area contributed by atoms with Gasteiger partial charge >= 0.3 is 0 Å². The van der Waals surface area contributed by atoms with Gasteiger partial charge in [-0.3, -0.25) is 4.98 Å². The number of pyridine rings is 1. The smallest absolute Gasteiger partial charge is 0.222 e. The summed E-state index contributed by atoms with van der Waals surface area (Å²) < 4.78 is 0. The van der Waals surface area contributed by atoms with Gasteiger partial charge in [0.1, 0.15) is 11.2 Å². The van der Waals surface area contributed by atoms with E-state index in [9.17, 15) is 0 Å². The van der Waals surface area contributed by atoms with Crippen molar-refractivity contribution in [2.75, 3.05) is 5.73 Å². The number of anilines is 1. The molecule has 1 aromatic carbocycles. The van der Waals surface area contributed by atoms with Crippen molar-refractivity contribution in [3.63, 3.8) is 0 Å². The van der Waals surface area contributed by atoms with Crippen LogP contribution in [0.2, 0.25) is 0 Å². The van der Waals surface area contributed by atoms with Crippen LogP contribution in [0.15, 0.2) is 43.0 Å². The lowest BCUT2D eigenvalue weighted by atomic mass is 10.0. The normalized spacial score (nSPS) is 11.2. The molecule has 0 saturated heterocycles. The minimum Gasteiger partial charge on any atom is -0.368 e. The summed E-state index contributed by atoms with van der Waals surface area (Å²) in [6, 6.07) is 7.95. The van der Waals surface area contributed by atoms with Crippen LogP contribution in [0.25, 0.3) is 33.2 Å². The number of aromatic amines is 1. The molecule has 0 unspecified atom stereocenters. The van der Waals surface area contributed by atoms with E-state index >= 15 is 0 Å². The average molecular weight is 262 g/mol. The third-order valence-corrected chi connectivity index (χ3v) is 3.24. The van der Waals surface area contributed by atoms with Crippen molar-refractivity contribution in [2.45, 2.75) is 0 Å². The Labute approximate surface area is 113 Å². The molecule has 0 bridgehead atoms. The summed E-state index contributed by atoms with van der Waals surface area (Å²) in [5.74, 6) is 0.214. The Balaban J connectivity index is 2.14. The number of nitrogens with two attached hydrogens (primary N) is 1. The number of hydrogen-bond acceptors (Lipinski definition) is 5. The fourth-order valence-corrected chi connectivity index (χ4v) is 2.37. The fraction of sp³-hybridized carbons (Fsp3) is 0. The monoisotopic (exact) mass is 262 g/mol. The quantitative estimate of drug-likeness (QED) is 0.548. The largest absolute Gasteiger partial charge is 0.368 e. The van der Waals surface area contributed by atoms with Crippen molar-refractivity contribution in [3.05, 3.63) is 43.0 Å². The Bertz CT molecular complexity index is 922. The van der Waals surface area contributed by atoms with E-state index in [0.717, 1.165) is 27.5 Å². The number of fused-ring (bicyclic) bond motifs is 2. The van der Waals surface area contributed by atoms with Crippen molar-refractivity contribution in [1.29, 1.82) is 0 Å². The van der Waals surface area contributed by atoms with Gasteiger partial charge < -0.3 is 10.7 Å². The fourth-order valence-electron chi connectivity index (χ4n) is 2.37. The molecular formula is C14H10N6. The van der Waals surface area contributed by atoms with E-state index in [0.29, 0.717) is 5.65 Å². The maximum Gasteiger partial charge on any atom is 0.222 e. The van der Waals surface area contributed by atoms with Gasteiger partial charge in [0.25, 0.3) is 0 Å². The van der Waals surface area contributed by atoms with E-state index in [4.69, 9.17) is 5.73 Å². The second-order valence-corrected chi connectivity index (χ2v) is 4.43. The zero-order valence-corrected chi connectivity index (χ0v) is 10.4. The maximum atomic E-state index is 5.78. The Hall–Kier alpha value is -3.02. The second kappa shape index (κ2) is 3.99. The maximum absolute atomic E-state index is 5.78. The van der Waals surface area contributed by atoms with Crippen LogP contribution in [0, 0.1) is 0 Å². The predicted molar refractivity (Wildman–Crippen MR) is 76.8 cm³/mol. The molecule has 6 heteroatoms. The van der Waals surface area contributed by atoms with Crippen molar-refractivity contribution < 1.29 is 0 Å². The number of aromatic nitrogens is 5. The molecule has 0 spiro atoms. The third-order valence-electron chi connectivity index (χ3n) is 3.24. The van der Waals surface area contributed by atoms with Gasteiger partial charge in [0.2, 0.25) is 5.95 Å². The van der Waals surface area contributed by atoms with Crippen LogP contribution in [0.1, 0.15) is 0 Å². The summed E-state index contributed by atoms with van der Waals surface area (Å²) in [7, 11) is 0. The molecule has 96 valence electrons. The van der Waals surface area contributed by atoms with E-state index in [2.05, 4.69) is 24.9 Å². The van der Waals surface area contributed by atoms with Gasteiger partial charge in [-0.15, -0.1) is 0 Å². The lowest BCUT2D eigenvalue weighted by Crippen LogP contribution is -1.98. The van der Waals surface area contributed by atoms with E-state index in [-0.39, 0.29) is 5.95 Å². The Morgan fingerprint density at radius 3 is 3.00 bits per heavy atom. The lowest BCUT2D eigenvalue weighted by molar-refractivity contribution is 1.22. The van der Waals surface area contributed by atoms with Gasteiger partial charge in [-0.2, -0.15) is 4.98 Å². The number of hydrogen-bond donors (Lipinski definition) is 2. The molecule has 0 aliphatic rings. The Kier molecular flexibility index (Phi) is 2.17. The number of imidazole rings is 1. The molecule has 4 rings (SSSR count). The SMILES string of the molecule is Nc1nc(-c2cccc3cnccc23)c2[nH]cnc2n1. The van der Waals surface area contributed by atoms with Crippen molar-refractivity contribution in [1.82, 2.24) is 24.9 Å². The molecule has 0 amide bonds. The summed E-state index contributed by atoms with van der Waals surface area (Å²) in [6.07, 6.45) is 5.18. The molecule has 20 heavy (non-hydrogen) atoms. The highest BCUT2D eigenvalue weighted by molar-refractivity contribution is 6.01. The van der Waals surface area contributed by atoms with Crippen LogP contribution in [0.4, 0.5) is 5.95 Å². The summed E-state index contributed by atoms with van der Waals surface area (Å²) in [5.41, 5.74) is 8.86. The summed E-state index contributed by atoms with van der Waals surface area (Å²) in [6.45, 7) is 0. The van der Waals surface area contributed by atoms with Crippen molar-refractivity contribution >= 4 is 27.9 Å². The molecule has 0 aliphatic carbocycles. The zero-order valence-electron chi connectivity index (χ0n) is 10.4. The molecule has 3 aromatic heterocycles. The van der Waals surface area contributed by atoms with Gasteiger partial charge in [0.05, 0.1) is 6.33 Å². The van der Waals surface area contributed by atoms with Crippen LogP contribution < -0.4 is 5.73 Å². The molecule has 6 nitrogen and oxygen atoms in total. The van der Waals surface area contributed by atoms with E-state index in [1.807, 2.05) is 30.5 Å². The van der Waals surface area contributed by atoms with Crippen molar-refractivity contribution in [2.24, 2.45) is 0 Å². The van der Waals surface area contributed by atoms with Crippen LogP contribution in [-0.4, -0.2) is 24.9 Å². The van der Waals surface area contributed by atoms with Crippen LogP contribution in [-0.2, 0) is 0 Å². The molecule has 4 aromatic rings.